The van der Waals surface area contributed by atoms with E-state index in [0.717, 1.165) is 17.3 Å². The molecular weight excluding hydrogens is 310 g/mol. The molecule has 0 spiro atoms. The van der Waals surface area contributed by atoms with E-state index in [1.807, 2.05) is 43.0 Å². The molecule has 5 nitrogen and oxygen atoms in total. The molecule has 6 heteroatoms. The van der Waals surface area contributed by atoms with Crippen molar-refractivity contribution in [3.8, 4) is 5.69 Å². The van der Waals surface area contributed by atoms with Gasteiger partial charge in [-0.2, -0.15) is 0 Å². The SMILES string of the molecule is CCC(C)C(O)CNC(=O)c1ccc(-n2ccnc2SC)cc1. The highest BCUT2D eigenvalue weighted by Crippen LogP contribution is 2.18. The Morgan fingerprint density at radius 2 is 2.09 bits per heavy atom. The second-order valence-corrected chi connectivity index (χ2v) is 6.27. The molecule has 0 fully saturated rings. The monoisotopic (exact) mass is 333 g/mol. The first-order chi connectivity index (χ1) is 11.1. The molecule has 2 atom stereocenters. The second kappa shape index (κ2) is 8.17. The Morgan fingerprint density at radius 1 is 1.39 bits per heavy atom. The van der Waals surface area contributed by atoms with Crippen LogP contribution in [0.5, 0.6) is 0 Å². The van der Waals surface area contributed by atoms with Crippen LogP contribution in [0.2, 0.25) is 0 Å². The Kier molecular flexibility index (Phi) is 6.24. The molecule has 0 aliphatic carbocycles. The number of carbonyl (C=O) groups is 1. The highest BCUT2D eigenvalue weighted by atomic mass is 32.2. The van der Waals surface area contributed by atoms with E-state index in [-0.39, 0.29) is 18.4 Å². The molecule has 2 rings (SSSR count). The summed E-state index contributed by atoms with van der Waals surface area (Å²) < 4.78 is 1.97. The van der Waals surface area contributed by atoms with Crippen molar-refractivity contribution in [2.75, 3.05) is 12.8 Å². The number of aliphatic hydroxyl groups is 1. The first-order valence-electron chi connectivity index (χ1n) is 7.70. The molecule has 1 aromatic heterocycles. The zero-order valence-electron chi connectivity index (χ0n) is 13.7. The van der Waals surface area contributed by atoms with Gasteiger partial charge in [-0.25, -0.2) is 4.98 Å². The van der Waals surface area contributed by atoms with Gasteiger partial charge in [0.15, 0.2) is 5.16 Å². The second-order valence-electron chi connectivity index (χ2n) is 5.49. The number of carbonyl (C=O) groups excluding carboxylic acids is 1. The summed E-state index contributed by atoms with van der Waals surface area (Å²) in [5.74, 6) is -0.00138. The van der Waals surface area contributed by atoms with Gasteiger partial charge in [0.1, 0.15) is 0 Å². The lowest BCUT2D eigenvalue weighted by atomic mass is 10.0. The van der Waals surface area contributed by atoms with Crippen LogP contribution in [0.15, 0.2) is 41.8 Å². The van der Waals surface area contributed by atoms with Crippen LogP contribution in [0.3, 0.4) is 0 Å². The lowest BCUT2D eigenvalue weighted by Gasteiger charge is -2.17. The topological polar surface area (TPSA) is 67.2 Å². The van der Waals surface area contributed by atoms with Crippen LogP contribution in [0.4, 0.5) is 0 Å². The molecule has 2 unspecified atom stereocenters. The minimum absolute atomic E-state index is 0.170. The maximum atomic E-state index is 12.1. The molecule has 124 valence electrons. The van der Waals surface area contributed by atoms with E-state index in [0.29, 0.717) is 5.56 Å². The van der Waals surface area contributed by atoms with Gasteiger partial charge in [-0.3, -0.25) is 9.36 Å². The maximum Gasteiger partial charge on any atom is 0.251 e. The number of aromatic nitrogens is 2. The molecule has 0 saturated heterocycles. The number of rotatable bonds is 7. The molecule has 2 aromatic rings. The van der Waals surface area contributed by atoms with Gasteiger partial charge in [0, 0.05) is 30.2 Å². The Morgan fingerprint density at radius 3 is 2.70 bits per heavy atom. The molecule has 1 amide bonds. The van der Waals surface area contributed by atoms with E-state index >= 15 is 0 Å². The summed E-state index contributed by atoms with van der Waals surface area (Å²) >= 11 is 1.57. The molecular formula is C17H23N3O2S. The van der Waals surface area contributed by atoms with Gasteiger partial charge in [0.05, 0.1) is 6.10 Å². The molecule has 0 bridgehead atoms. The molecule has 1 heterocycles. The zero-order chi connectivity index (χ0) is 16.8. The minimum Gasteiger partial charge on any atom is -0.391 e. The molecule has 0 radical (unpaired) electrons. The van der Waals surface area contributed by atoms with E-state index in [9.17, 15) is 9.90 Å². The number of hydrogen-bond acceptors (Lipinski definition) is 4. The summed E-state index contributed by atoms with van der Waals surface area (Å²) in [5.41, 5.74) is 1.54. The smallest absolute Gasteiger partial charge is 0.251 e. The lowest BCUT2D eigenvalue weighted by molar-refractivity contribution is 0.0850. The molecule has 23 heavy (non-hydrogen) atoms. The van der Waals surface area contributed by atoms with Gasteiger partial charge < -0.3 is 10.4 Å². The quantitative estimate of drug-likeness (QED) is 0.765. The van der Waals surface area contributed by atoms with Crippen LogP contribution in [-0.4, -0.2) is 39.5 Å². The first-order valence-corrected chi connectivity index (χ1v) is 8.93. The average Bonchev–Trinajstić information content (AvgIpc) is 3.07. The van der Waals surface area contributed by atoms with Gasteiger partial charge in [-0.1, -0.05) is 32.0 Å². The van der Waals surface area contributed by atoms with E-state index in [1.54, 1.807) is 30.1 Å². The van der Waals surface area contributed by atoms with Crippen LogP contribution >= 0.6 is 11.8 Å². The van der Waals surface area contributed by atoms with E-state index < -0.39 is 6.10 Å². The third-order valence-electron chi connectivity index (χ3n) is 3.97. The maximum absolute atomic E-state index is 12.1. The first kappa shape index (κ1) is 17.6. The lowest BCUT2D eigenvalue weighted by Crippen LogP contribution is -2.35. The zero-order valence-corrected chi connectivity index (χ0v) is 14.5. The van der Waals surface area contributed by atoms with Crippen molar-refractivity contribution in [1.82, 2.24) is 14.9 Å². The fraction of sp³-hybridized carbons (Fsp3) is 0.412. The Bertz CT molecular complexity index is 640. The van der Waals surface area contributed by atoms with Gasteiger partial charge >= 0.3 is 0 Å². The summed E-state index contributed by atoms with van der Waals surface area (Å²) in [6.45, 7) is 4.27. The molecule has 0 saturated carbocycles. The predicted molar refractivity (Wildman–Crippen MR) is 93.1 cm³/mol. The summed E-state index contributed by atoms with van der Waals surface area (Å²) in [6, 6.07) is 7.34. The van der Waals surface area contributed by atoms with Crippen molar-refractivity contribution >= 4 is 17.7 Å². The van der Waals surface area contributed by atoms with E-state index in [1.165, 1.54) is 0 Å². The van der Waals surface area contributed by atoms with Crippen LogP contribution in [0.1, 0.15) is 30.6 Å². The third-order valence-corrected chi connectivity index (χ3v) is 4.64. The van der Waals surface area contributed by atoms with Crippen LogP contribution in [-0.2, 0) is 0 Å². The number of hydrogen-bond donors (Lipinski definition) is 2. The average molecular weight is 333 g/mol. The van der Waals surface area contributed by atoms with Crippen molar-refractivity contribution in [1.29, 1.82) is 0 Å². The largest absolute Gasteiger partial charge is 0.391 e. The van der Waals surface area contributed by atoms with Crippen molar-refractivity contribution in [3.63, 3.8) is 0 Å². The molecule has 2 N–H and O–H groups in total. The molecule has 1 aromatic carbocycles. The fourth-order valence-electron chi connectivity index (χ4n) is 2.18. The normalized spacial score (nSPS) is 13.6. The van der Waals surface area contributed by atoms with Crippen LogP contribution in [0.25, 0.3) is 5.69 Å². The molecule has 0 aliphatic rings. The Labute approximate surface area is 141 Å². The van der Waals surface area contributed by atoms with Gasteiger partial charge in [-0.05, 0) is 36.4 Å². The van der Waals surface area contributed by atoms with Gasteiger partial charge in [0.2, 0.25) is 0 Å². The number of imidazole rings is 1. The van der Waals surface area contributed by atoms with Crippen molar-refractivity contribution < 1.29 is 9.90 Å². The number of nitrogens with zero attached hydrogens (tertiary/aromatic N) is 2. The van der Waals surface area contributed by atoms with Crippen LogP contribution < -0.4 is 5.32 Å². The van der Waals surface area contributed by atoms with Gasteiger partial charge in [-0.15, -0.1) is 0 Å². The summed E-state index contributed by atoms with van der Waals surface area (Å²) in [5, 5.41) is 13.6. The third kappa shape index (κ3) is 4.36. The number of benzene rings is 1. The predicted octanol–water partition coefficient (Wildman–Crippen LogP) is 2.73. The van der Waals surface area contributed by atoms with Crippen LogP contribution in [0, 0.1) is 5.92 Å². The Balaban J connectivity index is 2.00. The van der Waals surface area contributed by atoms with Gasteiger partial charge in [0.25, 0.3) is 5.91 Å². The number of amides is 1. The standard InChI is InChI=1S/C17H23N3O2S/c1-4-12(2)15(21)11-19-16(22)13-5-7-14(8-6-13)20-10-9-18-17(20)23-3/h5-10,12,15,21H,4,11H2,1-3H3,(H,19,22). The number of aliphatic hydroxyl groups excluding tert-OH is 1. The van der Waals surface area contributed by atoms with Crippen molar-refractivity contribution in [2.24, 2.45) is 5.92 Å². The summed E-state index contributed by atoms with van der Waals surface area (Å²) in [7, 11) is 0. The summed E-state index contributed by atoms with van der Waals surface area (Å²) in [6.07, 6.45) is 5.99. The molecule has 0 aliphatic heterocycles. The summed E-state index contributed by atoms with van der Waals surface area (Å²) in [4.78, 5) is 16.4. The highest BCUT2D eigenvalue weighted by molar-refractivity contribution is 7.98. The van der Waals surface area contributed by atoms with E-state index in [4.69, 9.17) is 0 Å². The fourth-order valence-corrected chi connectivity index (χ4v) is 2.71. The Hall–Kier alpha value is -1.79. The minimum atomic E-state index is -0.515. The van der Waals surface area contributed by atoms with E-state index in [2.05, 4.69) is 10.3 Å². The van der Waals surface area contributed by atoms with Crippen molar-refractivity contribution in [2.45, 2.75) is 31.5 Å². The highest BCUT2D eigenvalue weighted by Gasteiger charge is 2.14. The number of nitrogens with one attached hydrogen (secondary N) is 1. The van der Waals surface area contributed by atoms with Crippen molar-refractivity contribution in [3.05, 3.63) is 42.2 Å². The number of thioether (sulfide) groups is 1.